The van der Waals surface area contributed by atoms with Gasteiger partial charge in [-0.3, -0.25) is 0 Å². The van der Waals surface area contributed by atoms with Gasteiger partial charge in [0.25, 0.3) is 0 Å². The van der Waals surface area contributed by atoms with Crippen molar-refractivity contribution in [1.82, 2.24) is 19.9 Å². The fraction of sp³-hybridized carbons (Fsp3) is 0.556. The van der Waals surface area contributed by atoms with Crippen LogP contribution in [0.1, 0.15) is 69.1 Å². The molecular weight excluding hydrogens is 460 g/mol. The first kappa shape index (κ1) is 24.3. The van der Waals surface area contributed by atoms with Crippen LogP contribution in [0, 0.1) is 0 Å². The summed E-state index contributed by atoms with van der Waals surface area (Å²) in [6.45, 7) is 10.8. The third-order valence-corrected chi connectivity index (χ3v) is 7.07. The van der Waals surface area contributed by atoms with Crippen LogP contribution in [0.15, 0.2) is 47.5 Å². The van der Waals surface area contributed by atoms with E-state index in [9.17, 15) is 9.59 Å². The highest BCUT2D eigenvalue weighted by Gasteiger charge is 2.55. The van der Waals surface area contributed by atoms with Crippen LogP contribution >= 0.6 is 0 Å². The van der Waals surface area contributed by atoms with Crippen molar-refractivity contribution in [2.75, 3.05) is 26.2 Å². The van der Waals surface area contributed by atoms with Gasteiger partial charge in [-0.2, -0.15) is 4.98 Å². The van der Waals surface area contributed by atoms with Crippen LogP contribution in [0.3, 0.4) is 0 Å². The van der Waals surface area contributed by atoms with Gasteiger partial charge in [-0.05, 0) is 45.6 Å². The van der Waals surface area contributed by atoms with Crippen LogP contribution in [0.25, 0.3) is 0 Å². The zero-order chi connectivity index (χ0) is 25.5. The van der Waals surface area contributed by atoms with Gasteiger partial charge in [-0.25, -0.2) is 9.59 Å². The quantitative estimate of drug-likeness (QED) is 0.494. The Morgan fingerprint density at radius 3 is 2.61 bits per heavy atom. The summed E-state index contributed by atoms with van der Waals surface area (Å²) in [7, 11) is 0. The van der Waals surface area contributed by atoms with Crippen LogP contribution in [0.2, 0.25) is 0 Å². The van der Waals surface area contributed by atoms with Crippen molar-refractivity contribution >= 4 is 12.2 Å². The normalized spacial score (nSPS) is 22.4. The number of benzene rings is 1. The molecule has 0 bridgehead atoms. The van der Waals surface area contributed by atoms with Gasteiger partial charge >= 0.3 is 12.2 Å². The molecule has 2 atom stereocenters. The van der Waals surface area contributed by atoms with E-state index in [4.69, 9.17) is 19.0 Å². The predicted molar refractivity (Wildman–Crippen MR) is 132 cm³/mol. The fourth-order valence-electron chi connectivity index (χ4n) is 4.77. The number of carbonyl (C=O) groups excluding carboxylic acids is 2. The Kier molecular flexibility index (Phi) is 6.26. The van der Waals surface area contributed by atoms with Gasteiger partial charge in [0.05, 0.1) is 11.3 Å². The summed E-state index contributed by atoms with van der Waals surface area (Å²) >= 11 is 0. The molecule has 2 saturated carbocycles. The van der Waals surface area contributed by atoms with E-state index in [2.05, 4.69) is 23.9 Å². The lowest BCUT2D eigenvalue weighted by Gasteiger charge is -2.37. The molecule has 0 radical (unpaired) electrons. The van der Waals surface area contributed by atoms with E-state index in [0.717, 1.165) is 19.3 Å². The van der Waals surface area contributed by atoms with Crippen LogP contribution < -0.4 is 0 Å². The van der Waals surface area contributed by atoms with Crippen LogP contribution in [0.5, 0.6) is 0 Å². The molecule has 0 spiro atoms. The summed E-state index contributed by atoms with van der Waals surface area (Å²) in [4.78, 5) is 33.4. The fourth-order valence-corrected chi connectivity index (χ4v) is 4.77. The van der Waals surface area contributed by atoms with Crippen LogP contribution in [0.4, 0.5) is 9.59 Å². The molecule has 9 heteroatoms. The smallest absolute Gasteiger partial charge is 0.410 e. The van der Waals surface area contributed by atoms with Gasteiger partial charge in [0.15, 0.2) is 5.82 Å². The Morgan fingerprint density at radius 1 is 1.25 bits per heavy atom. The van der Waals surface area contributed by atoms with E-state index in [-0.39, 0.29) is 36.2 Å². The molecular formula is C27H34N4O5. The van der Waals surface area contributed by atoms with Gasteiger partial charge in [-0.15, -0.1) is 0 Å². The molecule has 2 amide bonds. The number of rotatable bonds is 8. The number of hydrogen-bond donors (Lipinski definition) is 0. The first-order chi connectivity index (χ1) is 17.2. The molecule has 0 N–H and O–H groups in total. The number of carbonyl (C=O) groups is 2. The first-order valence-corrected chi connectivity index (χ1v) is 12.6. The summed E-state index contributed by atoms with van der Waals surface area (Å²) in [5.41, 5.74) is 0.376. The molecule has 5 rings (SSSR count). The second-order valence-electron chi connectivity index (χ2n) is 11.1. The SMILES string of the molecule is C=CCOC(=O)N(CC1(c2noc(C3CN(C(=O)OC(C)(C)C)C3)n2)CC1)C1CC1c1ccccc1. The third kappa shape index (κ3) is 5.10. The highest BCUT2D eigenvalue weighted by atomic mass is 16.6. The first-order valence-electron chi connectivity index (χ1n) is 12.6. The highest BCUT2D eigenvalue weighted by molar-refractivity contribution is 5.70. The average Bonchev–Trinajstić information content (AvgIpc) is 3.71. The molecule has 192 valence electrons. The summed E-state index contributed by atoms with van der Waals surface area (Å²) in [5, 5.41) is 4.30. The Balaban J connectivity index is 1.24. The van der Waals surface area contributed by atoms with Gasteiger partial charge in [-0.1, -0.05) is 48.1 Å². The monoisotopic (exact) mass is 494 g/mol. The number of hydrogen-bond acceptors (Lipinski definition) is 7. The van der Waals surface area contributed by atoms with Gasteiger partial charge < -0.3 is 23.8 Å². The van der Waals surface area contributed by atoms with E-state index in [1.165, 1.54) is 5.56 Å². The average molecular weight is 495 g/mol. The zero-order valence-electron chi connectivity index (χ0n) is 21.2. The van der Waals surface area contributed by atoms with Crippen molar-refractivity contribution < 1.29 is 23.6 Å². The molecule has 2 heterocycles. The van der Waals surface area contributed by atoms with Crippen molar-refractivity contribution in [3.8, 4) is 0 Å². The van der Waals surface area contributed by atoms with Gasteiger partial charge in [0, 0.05) is 31.6 Å². The second kappa shape index (κ2) is 9.26. The van der Waals surface area contributed by atoms with E-state index in [1.807, 2.05) is 43.9 Å². The maximum atomic E-state index is 13.0. The number of ether oxygens (including phenoxy) is 2. The molecule has 3 aliphatic rings. The topological polar surface area (TPSA) is 98.0 Å². The third-order valence-electron chi connectivity index (χ3n) is 7.07. The molecule has 9 nitrogen and oxygen atoms in total. The maximum absolute atomic E-state index is 13.0. The van der Waals surface area contributed by atoms with Crippen molar-refractivity contribution in [2.45, 2.75) is 68.9 Å². The largest absolute Gasteiger partial charge is 0.445 e. The van der Waals surface area contributed by atoms with Gasteiger partial charge in [0.2, 0.25) is 5.89 Å². The molecule has 1 aromatic carbocycles. The Bertz CT molecular complexity index is 1110. The molecule has 3 fully saturated rings. The van der Waals surface area contributed by atoms with E-state index in [1.54, 1.807) is 11.0 Å². The lowest BCUT2D eigenvalue weighted by Crippen LogP contribution is -2.50. The van der Waals surface area contributed by atoms with Crippen molar-refractivity contribution in [3.05, 3.63) is 60.3 Å². The Hall–Kier alpha value is -3.36. The van der Waals surface area contributed by atoms with Crippen molar-refractivity contribution in [1.29, 1.82) is 0 Å². The molecule has 1 aliphatic heterocycles. The number of likely N-dealkylation sites (tertiary alicyclic amines) is 1. The summed E-state index contributed by atoms with van der Waals surface area (Å²) in [6, 6.07) is 10.4. The van der Waals surface area contributed by atoms with Crippen molar-refractivity contribution in [3.63, 3.8) is 0 Å². The number of nitrogens with zero attached hydrogens (tertiary/aromatic N) is 4. The number of amides is 2. The maximum Gasteiger partial charge on any atom is 0.410 e. The minimum Gasteiger partial charge on any atom is -0.445 e. The van der Waals surface area contributed by atoms with E-state index < -0.39 is 5.60 Å². The van der Waals surface area contributed by atoms with E-state index >= 15 is 0 Å². The molecule has 2 aromatic rings. The standard InChI is InChI=1S/C27H34N4O5/c1-5-13-34-25(33)31(21-14-20(21)18-9-7-6-8-10-18)17-27(11-12-27)23-28-22(36-29-23)19-15-30(16-19)24(32)35-26(2,3)4/h5-10,19-21H,1,11-17H2,2-4H3. The second-order valence-corrected chi connectivity index (χ2v) is 11.1. The minimum atomic E-state index is -0.530. The molecule has 36 heavy (non-hydrogen) atoms. The van der Waals surface area contributed by atoms with E-state index in [0.29, 0.717) is 37.3 Å². The summed E-state index contributed by atoms with van der Waals surface area (Å²) < 4.78 is 16.5. The lowest BCUT2D eigenvalue weighted by atomic mass is 10.0. The predicted octanol–water partition coefficient (Wildman–Crippen LogP) is 4.62. The molecule has 2 aliphatic carbocycles. The van der Waals surface area contributed by atoms with Crippen LogP contribution in [-0.4, -0.2) is 70.0 Å². The highest BCUT2D eigenvalue weighted by Crippen LogP contribution is 2.52. The summed E-state index contributed by atoms with van der Waals surface area (Å²) in [5.74, 6) is 1.46. The van der Waals surface area contributed by atoms with Gasteiger partial charge in [0.1, 0.15) is 12.2 Å². The lowest BCUT2D eigenvalue weighted by molar-refractivity contribution is 0.00557. The zero-order valence-corrected chi connectivity index (χ0v) is 21.2. The molecule has 1 saturated heterocycles. The molecule has 2 unspecified atom stereocenters. The molecule has 1 aromatic heterocycles. The summed E-state index contributed by atoms with van der Waals surface area (Å²) in [6.07, 6.45) is 3.59. The minimum absolute atomic E-state index is 0.00544. The Morgan fingerprint density at radius 2 is 1.97 bits per heavy atom. The number of aromatic nitrogens is 2. The van der Waals surface area contributed by atoms with Crippen molar-refractivity contribution in [2.24, 2.45) is 0 Å². The van der Waals surface area contributed by atoms with Crippen LogP contribution in [-0.2, 0) is 14.9 Å². The Labute approximate surface area is 211 Å².